The number of nitroso groups, excluding NO2 is 1. The van der Waals surface area contributed by atoms with Crippen molar-refractivity contribution in [3.8, 4) is 10.4 Å². The van der Waals surface area contributed by atoms with E-state index < -0.39 is 5.91 Å². The maximum atomic E-state index is 11.2. The van der Waals surface area contributed by atoms with Crippen molar-refractivity contribution < 1.29 is 4.79 Å². The highest BCUT2D eigenvalue weighted by Gasteiger charge is 2.14. The minimum atomic E-state index is -0.690. The smallest absolute Gasteiger partial charge is 0.262 e. The van der Waals surface area contributed by atoms with Gasteiger partial charge in [0, 0.05) is 10.1 Å². The number of nitrogens with zero attached hydrogens (tertiary/aromatic N) is 1. The first-order valence-corrected chi connectivity index (χ1v) is 5.57. The molecule has 0 fully saturated rings. The second-order valence-electron chi connectivity index (χ2n) is 3.39. The van der Waals surface area contributed by atoms with Crippen molar-refractivity contribution in [2.45, 2.75) is 6.92 Å². The number of aryl methyl sites for hydroxylation is 1. The molecule has 2 aromatic rings. The predicted molar refractivity (Wildman–Crippen MR) is 64.6 cm³/mol. The fourth-order valence-corrected chi connectivity index (χ4v) is 2.53. The summed E-state index contributed by atoms with van der Waals surface area (Å²) in [6.07, 6.45) is 0. The Morgan fingerprint density at radius 2 is 1.94 bits per heavy atom. The van der Waals surface area contributed by atoms with Crippen LogP contribution >= 0.6 is 11.3 Å². The lowest BCUT2D eigenvalue weighted by molar-refractivity contribution is 0.100. The number of hydrogen-bond acceptors (Lipinski definition) is 3. The van der Waals surface area contributed by atoms with Crippen molar-refractivity contribution in [2.24, 2.45) is 5.18 Å². The quantitative estimate of drug-likeness (QED) is 0.741. The normalized spacial score (nSPS) is 10.1. The third-order valence-electron chi connectivity index (χ3n) is 2.25. The average molecular weight is 231 g/mol. The van der Waals surface area contributed by atoms with Gasteiger partial charge in [-0.1, -0.05) is 30.3 Å². The Bertz CT molecular complexity index is 531. The SMILES string of the molecule is Cc1cc(-c2ccccc2)sc1C(=O)N=O. The molecular weight excluding hydrogens is 222 g/mol. The molecule has 0 unspecified atom stereocenters. The van der Waals surface area contributed by atoms with Gasteiger partial charge >= 0.3 is 5.91 Å². The molecular formula is C12H9NO2S. The van der Waals surface area contributed by atoms with Crippen LogP contribution in [0.15, 0.2) is 41.6 Å². The van der Waals surface area contributed by atoms with Gasteiger partial charge in [-0.25, -0.2) is 0 Å². The minimum Gasteiger partial charge on any atom is -0.262 e. The summed E-state index contributed by atoms with van der Waals surface area (Å²) < 4.78 is 0. The van der Waals surface area contributed by atoms with Crippen LogP contribution in [0.1, 0.15) is 15.2 Å². The number of hydrogen-bond donors (Lipinski definition) is 0. The zero-order chi connectivity index (χ0) is 11.5. The van der Waals surface area contributed by atoms with Gasteiger partial charge in [0.1, 0.15) is 4.88 Å². The molecule has 0 aliphatic heterocycles. The van der Waals surface area contributed by atoms with Crippen LogP contribution in [0.4, 0.5) is 0 Å². The molecule has 3 nitrogen and oxygen atoms in total. The van der Waals surface area contributed by atoms with Gasteiger partial charge in [0.05, 0.1) is 0 Å². The van der Waals surface area contributed by atoms with E-state index in [9.17, 15) is 9.70 Å². The van der Waals surface area contributed by atoms with Gasteiger partial charge < -0.3 is 0 Å². The standard InChI is InChI=1S/C12H9NO2S/c1-8-7-10(9-5-3-2-4-6-9)16-11(8)12(14)13-15/h2-7H,1H3. The Hall–Kier alpha value is -1.81. The maximum Gasteiger partial charge on any atom is 0.326 e. The predicted octanol–water partition coefficient (Wildman–Crippen LogP) is 3.63. The van der Waals surface area contributed by atoms with E-state index in [4.69, 9.17) is 0 Å². The molecule has 0 saturated carbocycles. The molecule has 0 bridgehead atoms. The highest BCUT2D eigenvalue weighted by Crippen LogP contribution is 2.31. The first kappa shape index (κ1) is 10.7. The number of benzene rings is 1. The van der Waals surface area contributed by atoms with E-state index in [0.717, 1.165) is 16.0 Å². The van der Waals surface area contributed by atoms with E-state index in [2.05, 4.69) is 5.18 Å². The molecule has 0 atom stereocenters. The lowest BCUT2D eigenvalue weighted by Gasteiger charge is -1.93. The second kappa shape index (κ2) is 4.37. The van der Waals surface area contributed by atoms with Gasteiger partial charge in [0.15, 0.2) is 0 Å². The van der Waals surface area contributed by atoms with E-state index in [1.54, 1.807) is 6.92 Å². The van der Waals surface area contributed by atoms with Gasteiger partial charge in [-0.15, -0.1) is 16.2 Å². The van der Waals surface area contributed by atoms with Crippen LogP contribution < -0.4 is 0 Å². The zero-order valence-corrected chi connectivity index (χ0v) is 9.45. The maximum absolute atomic E-state index is 11.2. The fraction of sp³-hybridized carbons (Fsp3) is 0.0833. The Labute approximate surface area is 96.7 Å². The summed E-state index contributed by atoms with van der Waals surface area (Å²) in [4.78, 5) is 22.8. The van der Waals surface area contributed by atoms with Crippen LogP contribution in [0.2, 0.25) is 0 Å². The molecule has 0 saturated heterocycles. The van der Waals surface area contributed by atoms with E-state index in [0.29, 0.717) is 4.88 Å². The van der Waals surface area contributed by atoms with Crippen LogP contribution in [-0.4, -0.2) is 5.91 Å². The molecule has 16 heavy (non-hydrogen) atoms. The van der Waals surface area contributed by atoms with Gasteiger partial charge in [0.25, 0.3) is 0 Å². The molecule has 0 aliphatic rings. The Morgan fingerprint density at radius 1 is 1.25 bits per heavy atom. The van der Waals surface area contributed by atoms with Crippen molar-refractivity contribution in [2.75, 3.05) is 0 Å². The molecule has 0 N–H and O–H groups in total. The summed E-state index contributed by atoms with van der Waals surface area (Å²) in [7, 11) is 0. The molecule has 0 spiro atoms. The van der Waals surface area contributed by atoms with Crippen LogP contribution in [0, 0.1) is 11.8 Å². The molecule has 1 heterocycles. The molecule has 1 amide bonds. The first-order chi connectivity index (χ1) is 7.72. The first-order valence-electron chi connectivity index (χ1n) is 4.76. The molecule has 2 rings (SSSR count). The van der Waals surface area contributed by atoms with E-state index in [1.165, 1.54) is 11.3 Å². The molecule has 1 aromatic heterocycles. The number of thiophene rings is 1. The summed E-state index contributed by atoms with van der Waals surface area (Å²) in [5, 5.41) is 2.45. The van der Waals surface area contributed by atoms with Crippen molar-refractivity contribution in [1.29, 1.82) is 0 Å². The molecule has 80 valence electrons. The third-order valence-corrected chi connectivity index (χ3v) is 3.53. The summed E-state index contributed by atoms with van der Waals surface area (Å²) in [5.74, 6) is -0.690. The summed E-state index contributed by atoms with van der Waals surface area (Å²) in [6, 6.07) is 11.6. The number of rotatable bonds is 2. The highest BCUT2D eigenvalue weighted by atomic mass is 32.1. The van der Waals surface area contributed by atoms with E-state index >= 15 is 0 Å². The van der Waals surface area contributed by atoms with Gasteiger partial charge in [0.2, 0.25) is 0 Å². The Kier molecular flexibility index (Phi) is 2.92. The van der Waals surface area contributed by atoms with Crippen molar-refractivity contribution in [1.82, 2.24) is 0 Å². The fourth-order valence-electron chi connectivity index (χ4n) is 1.48. The van der Waals surface area contributed by atoms with Crippen LogP contribution in [0.5, 0.6) is 0 Å². The lowest BCUT2D eigenvalue weighted by atomic mass is 10.1. The number of carbonyl (C=O) groups excluding carboxylic acids is 1. The highest BCUT2D eigenvalue weighted by molar-refractivity contribution is 7.17. The third kappa shape index (κ3) is 1.92. The molecule has 1 aromatic carbocycles. The van der Waals surface area contributed by atoms with Crippen LogP contribution in [-0.2, 0) is 0 Å². The van der Waals surface area contributed by atoms with E-state index in [1.807, 2.05) is 36.4 Å². The van der Waals surface area contributed by atoms with E-state index in [-0.39, 0.29) is 0 Å². The topological polar surface area (TPSA) is 46.5 Å². The van der Waals surface area contributed by atoms with Crippen molar-refractivity contribution in [3.63, 3.8) is 0 Å². The minimum absolute atomic E-state index is 0.425. The van der Waals surface area contributed by atoms with Crippen LogP contribution in [0.25, 0.3) is 10.4 Å². The largest absolute Gasteiger partial charge is 0.326 e. The summed E-state index contributed by atoms with van der Waals surface area (Å²) >= 11 is 1.30. The Balaban J connectivity index is 2.46. The molecule has 4 heteroatoms. The van der Waals surface area contributed by atoms with Gasteiger partial charge in [-0.05, 0) is 24.1 Å². The molecule has 0 aliphatic carbocycles. The van der Waals surface area contributed by atoms with Gasteiger partial charge in [-0.2, -0.15) is 0 Å². The second-order valence-corrected chi connectivity index (χ2v) is 4.44. The van der Waals surface area contributed by atoms with Crippen molar-refractivity contribution in [3.05, 3.63) is 51.7 Å². The van der Waals surface area contributed by atoms with Crippen molar-refractivity contribution >= 4 is 17.2 Å². The lowest BCUT2D eigenvalue weighted by Crippen LogP contribution is -1.90. The summed E-state index contributed by atoms with van der Waals surface area (Å²) in [5.41, 5.74) is 1.84. The van der Waals surface area contributed by atoms with Gasteiger partial charge in [-0.3, -0.25) is 4.79 Å². The number of amides is 1. The number of carbonyl (C=O) groups is 1. The summed E-state index contributed by atoms with van der Waals surface area (Å²) in [6.45, 7) is 1.81. The average Bonchev–Trinajstić information content (AvgIpc) is 2.71. The monoisotopic (exact) mass is 231 g/mol. The molecule has 0 radical (unpaired) electrons. The zero-order valence-electron chi connectivity index (χ0n) is 8.64. The Morgan fingerprint density at radius 3 is 2.56 bits per heavy atom. The van der Waals surface area contributed by atoms with Crippen LogP contribution in [0.3, 0.4) is 0 Å².